The molecular formula is C24H21NO4. The van der Waals surface area contributed by atoms with Crippen molar-refractivity contribution in [1.82, 2.24) is 0 Å². The zero-order valence-corrected chi connectivity index (χ0v) is 16.2. The highest BCUT2D eigenvalue weighted by atomic mass is 16.5. The summed E-state index contributed by atoms with van der Waals surface area (Å²) in [6.45, 7) is 2.42. The van der Waals surface area contributed by atoms with Gasteiger partial charge in [0.25, 0.3) is 11.8 Å². The lowest BCUT2D eigenvalue weighted by molar-refractivity contribution is 0.0498. The number of hydrogen-bond acceptors (Lipinski definition) is 4. The smallest absolute Gasteiger partial charge is 0.338 e. The lowest BCUT2D eigenvalue weighted by atomic mass is 10.1. The van der Waals surface area contributed by atoms with E-state index in [2.05, 4.69) is 6.92 Å². The Morgan fingerprint density at radius 3 is 2.41 bits per heavy atom. The lowest BCUT2D eigenvalue weighted by Crippen LogP contribution is -2.29. The number of nitrogens with zero attached hydrogens (tertiary/aromatic N) is 1. The summed E-state index contributed by atoms with van der Waals surface area (Å²) in [7, 11) is 0. The molecule has 4 rings (SSSR count). The zero-order chi connectivity index (χ0) is 20.4. The molecule has 146 valence electrons. The van der Waals surface area contributed by atoms with Crippen LogP contribution in [0.25, 0.3) is 10.8 Å². The second-order valence-electron chi connectivity index (χ2n) is 7.08. The molecule has 1 heterocycles. The number of carbonyl (C=O) groups excluding carboxylic acids is 3. The van der Waals surface area contributed by atoms with Crippen LogP contribution in [0.4, 0.5) is 5.69 Å². The minimum atomic E-state index is -0.478. The second kappa shape index (κ2) is 7.87. The molecule has 0 atom stereocenters. The van der Waals surface area contributed by atoms with Gasteiger partial charge in [0.2, 0.25) is 0 Å². The Bertz CT molecular complexity index is 1120. The van der Waals surface area contributed by atoms with E-state index >= 15 is 0 Å². The second-order valence-corrected chi connectivity index (χ2v) is 7.08. The normalized spacial score (nSPS) is 13.1. The Balaban J connectivity index is 1.60. The molecular weight excluding hydrogens is 366 g/mol. The molecule has 5 heteroatoms. The fraction of sp³-hybridized carbons (Fsp3) is 0.208. The minimum Gasteiger partial charge on any atom is -0.462 e. The standard InChI is InChI=1S/C24H21NO4/c1-2-3-6-13-29-24(28)18-10-12-20-21(15-18)23(27)25(22(20)26)19-11-9-16-7-4-5-8-17(16)14-19/h4-5,7-12,14-15H,2-3,6,13H2,1H3. The highest BCUT2D eigenvalue weighted by molar-refractivity contribution is 6.35. The van der Waals surface area contributed by atoms with E-state index in [0.29, 0.717) is 17.9 Å². The summed E-state index contributed by atoms with van der Waals surface area (Å²) in [5.41, 5.74) is 1.32. The number of anilines is 1. The van der Waals surface area contributed by atoms with Crippen molar-refractivity contribution in [2.45, 2.75) is 26.2 Å². The molecule has 0 fully saturated rings. The fourth-order valence-corrected chi connectivity index (χ4v) is 3.52. The van der Waals surface area contributed by atoms with Crippen LogP contribution in [0.5, 0.6) is 0 Å². The Morgan fingerprint density at radius 2 is 1.62 bits per heavy atom. The van der Waals surface area contributed by atoms with E-state index in [1.807, 2.05) is 36.4 Å². The molecule has 3 aromatic rings. The van der Waals surface area contributed by atoms with Gasteiger partial charge in [-0.2, -0.15) is 0 Å². The van der Waals surface area contributed by atoms with Crippen LogP contribution >= 0.6 is 0 Å². The SMILES string of the molecule is CCCCCOC(=O)c1ccc2c(c1)C(=O)N(c1ccc3ccccc3c1)C2=O. The quantitative estimate of drug-likeness (QED) is 0.340. The van der Waals surface area contributed by atoms with Crippen molar-refractivity contribution in [3.8, 4) is 0 Å². The molecule has 1 aliphatic heterocycles. The number of hydrogen-bond donors (Lipinski definition) is 0. The van der Waals surface area contributed by atoms with Gasteiger partial charge in [0.05, 0.1) is 29.0 Å². The van der Waals surface area contributed by atoms with Gasteiger partial charge in [-0.1, -0.05) is 50.1 Å². The number of carbonyl (C=O) groups is 3. The molecule has 5 nitrogen and oxygen atoms in total. The number of amides is 2. The van der Waals surface area contributed by atoms with Gasteiger partial charge < -0.3 is 4.74 Å². The van der Waals surface area contributed by atoms with Crippen molar-refractivity contribution >= 4 is 34.2 Å². The summed E-state index contributed by atoms with van der Waals surface area (Å²) in [4.78, 5) is 39.3. The molecule has 3 aromatic carbocycles. The maximum Gasteiger partial charge on any atom is 0.338 e. The summed E-state index contributed by atoms with van der Waals surface area (Å²) < 4.78 is 5.26. The molecule has 0 saturated carbocycles. The number of fused-ring (bicyclic) bond motifs is 2. The van der Waals surface area contributed by atoms with Gasteiger partial charge in [-0.15, -0.1) is 0 Å². The third-order valence-corrected chi connectivity index (χ3v) is 5.09. The Morgan fingerprint density at radius 1 is 0.862 bits per heavy atom. The predicted molar refractivity (Wildman–Crippen MR) is 111 cm³/mol. The molecule has 0 N–H and O–H groups in total. The maximum absolute atomic E-state index is 13.0. The predicted octanol–water partition coefficient (Wildman–Crippen LogP) is 4.99. The molecule has 0 radical (unpaired) electrons. The molecule has 1 aliphatic rings. The molecule has 0 saturated heterocycles. The van der Waals surface area contributed by atoms with Crippen LogP contribution in [0.15, 0.2) is 60.7 Å². The van der Waals surface area contributed by atoms with Gasteiger partial charge in [-0.25, -0.2) is 9.69 Å². The summed E-state index contributed by atoms with van der Waals surface area (Å²) >= 11 is 0. The molecule has 0 unspecified atom stereocenters. The fourth-order valence-electron chi connectivity index (χ4n) is 3.52. The van der Waals surface area contributed by atoms with E-state index in [-0.39, 0.29) is 17.0 Å². The monoisotopic (exact) mass is 387 g/mol. The minimum absolute atomic E-state index is 0.228. The Hall–Kier alpha value is -3.47. The molecule has 0 aliphatic carbocycles. The van der Waals surface area contributed by atoms with E-state index in [9.17, 15) is 14.4 Å². The van der Waals surface area contributed by atoms with E-state index in [1.165, 1.54) is 18.2 Å². The Labute approximate surface area is 168 Å². The largest absolute Gasteiger partial charge is 0.462 e. The van der Waals surface area contributed by atoms with Crippen molar-refractivity contribution in [2.24, 2.45) is 0 Å². The first-order valence-electron chi connectivity index (χ1n) is 9.79. The highest BCUT2D eigenvalue weighted by Crippen LogP contribution is 2.31. The van der Waals surface area contributed by atoms with Crippen LogP contribution in [0, 0.1) is 0 Å². The van der Waals surface area contributed by atoms with Crippen LogP contribution in [-0.2, 0) is 4.74 Å². The van der Waals surface area contributed by atoms with Crippen LogP contribution in [0.1, 0.15) is 57.3 Å². The summed E-state index contributed by atoms with van der Waals surface area (Å²) in [5.74, 6) is -1.29. The van der Waals surface area contributed by atoms with Gasteiger partial charge in [-0.05, 0) is 47.5 Å². The van der Waals surface area contributed by atoms with Crippen LogP contribution in [0.3, 0.4) is 0 Å². The number of rotatable bonds is 6. The number of ether oxygens (including phenoxy) is 1. The Kier molecular flexibility index (Phi) is 5.12. The van der Waals surface area contributed by atoms with Crippen LogP contribution in [0.2, 0.25) is 0 Å². The molecule has 0 aromatic heterocycles. The van der Waals surface area contributed by atoms with E-state index in [0.717, 1.165) is 34.9 Å². The van der Waals surface area contributed by atoms with Crippen molar-refractivity contribution in [3.63, 3.8) is 0 Å². The van der Waals surface area contributed by atoms with Crippen LogP contribution < -0.4 is 4.90 Å². The van der Waals surface area contributed by atoms with Crippen LogP contribution in [-0.4, -0.2) is 24.4 Å². The molecule has 0 spiro atoms. The average molecular weight is 387 g/mol. The van der Waals surface area contributed by atoms with Gasteiger partial charge in [0.1, 0.15) is 0 Å². The van der Waals surface area contributed by atoms with Gasteiger partial charge >= 0.3 is 5.97 Å². The van der Waals surface area contributed by atoms with Gasteiger partial charge in [0.15, 0.2) is 0 Å². The van der Waals surface area contributed by atoms with Gasteiger partial charge in [0, 0.05) is 0 Å². The lowest BCUT2D eigenvalue weighted by Gasteiger charge is -2.14. The van der Waals surface area contributed by atoms with E-state index in [1.54, 1.807) is 6.07 Å². The molecule has 0 bridgehead atoms. The maximum atomic E-state index is 13.0. The number of esters is 1. The first-order chi connectivity index (χ1) is 14.1. The summed E-state index contributed by atoms with van der Waals surface area (Å²) in [5, 5.41) is 1.97. The number of imide groups is 1. The highest BCUT2D eigenvalue weighted by Gasteiger charge is 2.37. The van der Waals surface area contributed by atoms with Crippen molar-refractivity contribution in [1.29, 1.82) is 0 Å². The third kappa shape index (κ3) is 3.51. The van der Waals surface area contributed by atoms with E-state index in [4.69, 9.17) is 4.74 Å². The zero-order valence-electron chi connectivity index (χ0n) is 16.2. The van der Waals surface area contributed by atoms with Gasteiger partial charge in [-0.3, -0.25) is 9.59 Å². The summed E-state index contributed by atoms with van der Waals surface area (Å²) in [6.07, 6.45) is 2.84. The average Bonchev–Trinajstić information content (AvgIpc) is 3.00. The topological polar surface area (TPSA) is 63.7 Å². The van der Waals surface area contributed by atoms with E-state index < -0.39 is 11.9 Å². The third-order valence-electron chi connectivity index (χ3n) is 5.09. The van der Waals surface area contributed by atoms with Crippen molar-refractivity contribution in [3.05, 3.63) is 77.4 Å². The number of unbranched alkanes of at least 4 members (excludes halogenated alkanes) is 2. The molecule has 2 amide bonds. The van der Waals surface area contributed by atoms with Crippen molar-refractivity contribution in [2.75, 3.05) is 11.5 Å². The first-order valence-corrected chi connectivity index (χ1v) is 9.79. The molecule has 29 heavy (non-hydrogen) atoms. The number of benzene rings is 3. The van der Waals surface area contributed by atoms with Crippen molar-refractivity contribution < 1.29 is 19.1 Å². The first kappa shape index (κ1) is 18.9. The summed E-state index contributed by atoms with van der Waals surface area (Å²) in [6, 6.07) is 17.7.